The van der Waals surface area contributed by atoms with E-state index in [-0.39, 0.29) is 11.2 Å². The second kappa shape index (κ2) is 6.56. The van der Waals surface area contributed by atoms with Gasteiger partial charge in [0.15, 0.2) is 4.34 Å². The average Bonchev–Trinajstić information content (AvgIpc) is 2.77. The number of nitrogens with one attached hydrogen (secondary N) is 1. The molecule has 19 heavy (non-hydrogen) atoms. The highest BCUT2D eigenvalue weighted by molar-refractivity contribution is 8.02. The third kappa shape index (κ3) is 4.07. The van der Waals surface area contributed by atoms with Crippen molar-refractivity contribution in [3.05, 3.63) is 0 Å². The fourth-order valence-corrected chi connectivity index (χ4v) is 4.09. The third-order valence-corrected chi connectivity index (χ3v) is 5.44. The number of carbonyl (C=O) groups is 1. The van der Waals surface area contributed by atoms with Gasteiger partial charge in [0.25, 0.3) is 0 Å². The second-order valence-electron chi connectivity index (χ2n) is 5.04. The Hall–Kier alpha value is -0.820. The highest BCUT2D eigenvalue weighted by Crippen LogP contribution is 2.28. The fourth-order valence-electron chi connectivity index (χ4n) is 2.30. The Kier molecular flexibility index (Phi) is 5.04. The molecule has 1 amide bonds. The number of nitrogen functional groups attached to an aromatic ring is 1. The van der Waals surface area contributed by atoms with Crippen LogP contribution in [0.15, 0.2) is 4.34 Å². The molecule has 1 heterocycles. The molecule has 2 rings (SSSR count). The number of hydrogen-bond donors (Lipinski definition) is 2. The minimum Gasteiger partial charge on any atom is -0.374 e. The highest BCUT2D eigenvalue weighted by atomic mass is 32.2. The number of thioether (sulfide) groups is 1. The van der Waals surface area contributed by atoms with Crippen molar-refractivity contribution in [1.29, 1.82) is 0 Å². The predicted octanol–water partition coefficient (Wildman–Crippen LogP) is 2.30. The molecule has 0 saturated heterocycles. The van der Waals surface area contributed by atoms with Crippen molar-refractivity contribution in [1.82, 2.24) is 15.5 Å². The summed E-state index contributed by atoms with van der Waals surface area (Å²) < 4.78 is 0.747. The van der Waals surface area contributed by atoms with Crippen LogP contribution in [0.4, 0.5) is 5.13 Å². The summed E-state index contributed by atoms with van der Waals surface area (Å²) in [6.45, 7) is 4.11. The van der Waals surface area contributed by atoms with Gasteiger partial charge in [-0.15, -0.1) is 10.2 Å². The van der Waals surface area contributed by atoms with E-state index >= 15 is 0 Å². The first-order chi connectivity index (χ1) is 9.06. The lowest BCUT2D eigenvalue weighted by molar-refractivity contribution is -0.121. The Labute approximate surface area is 121 Å². The molecule has 7 heteroatoms. The summed E-state index contributed by atoms with van der Waals surface area (Å²) in [7, 11) is 0. The van der Waals surface area contributed by atoms with Crippen LogP contribution in [0.1, 0.15) is 39.5 Å². The molecular formula is C12H20N4OS2. The maximum atomic E-state index is 12.2. The average molecular weight is 300 g/mol. The predicted molar refractivity (Wildman–Crippen MR) is 79.2 cm³/mol. The monoisotopic (exact) mass is 300 g/mol. The van der Waals surface area contributed by atoms with E-state index < -0.39 is 0 Å². The Morgan fingerprint density at radius 1 is 1.47 bits per heavy atom. The summed E-state index contributed by atoms with van der Waals surface area (Å²) in [5.74, 6) is 0.657. The van der Waals surface area contributed by atoms with E-state index in [0.717, 1.165) is 10.8 Å². The number of nitrogens with two attached hydrogens (primary N) is 1. The lowest BCUT2D eigenvalue weighted by Crippen LogP contribution is -2.44. The van der Waals surface area contributed by atoms with Crippen LogP contribution >= 0.6 is 23.1 Å². The SMILES string of the molecule is C[C@H](Sc1nnc(N)s1)C(=O)N[C@H]1CCCC[C@H]1C. The Bertz CT molecular complexity index is 437. The van der Waals surface area contributed by atoms with Gasteiger partial charge < -0.3 is 11.1 Å². The van der Waals surface area contributed by atoms with Gasteiger partial charge in [-0.3, -0.25) is 4.79 Å². The van der Waals surface area contributed by atoms with E-state index in [1.807, 2.05) is 6.92 Å². The summed E-state index contributed by atoms with van der Waals surface area (Å²) in [4.78, 5) is 12.2. The minimum atomic E-state index is -0.165. The van der Waals surface area contributed by atoms with Gasteiger partial charge in [-0.2, -0.15) is 0 Å². The normalized spacial score (nSPS) is 24.9. The van der Waals surface area contributed by atoms with Crippen LogP contribution in [0.3, 0.4) is 0 Å². The van der Waals surface area contributed by atoms with Gasteiger partial charge in [0.1, 0.15) is 0 Å². The zero-order chi connectivity index (χ0) is 13.8. The molecule has 0 aliphatic heterocycles. The van der Waals surface area contributed by atoms with Crippen molar-refractivity contribution in [2.45, 2.75) is 55.2 Å². The van der Waals surface area contributed by atoms with Crippen LogP contribution in [-0.4, -0.2) is 27.4 Å². The Balaban J connectivity index is 1.85. The van der Waals surface area contributed by atoms with Crippen molar-refractivity contribution in [2.75, 3.05) is 5.73 Å². The number of aromatic nitrogens is 2. The number of carbonyl (C=O) groups excluding carboxylic acids is 1. The molecule has 0 aromatic carbocycles. The van der Waals surface area contributed by atoms with Gasteiger partial charge in [-0.1, -0.05) is 42.9 Å². The molecule has 1 fully saturated rings. The van der Waals surface area contributed by atoms with Crippen molar-refractivity contribution in [3.8, 4) is 0 Å². The lowest BCUT2D eigenvalue weighted by Gasteiger charge is -2.30. The molecule has 0 unspecified atom stereocenters. The van der Waals surface area contributed by atoms with E-state index in [1.54, 1.807) is 0 Å². The Morgan fingerprint density at radius 2 is 2.21 bits per heavy atom. The number of nitrogens with zero attached hydrogens (tertiary/aromatic N) is 2. The maximum absolute atomic E-state index is 12.2. The quantitative estimate of drug-likeness (QED) is 0.834. The molecule has 1 saturated carbocycles. The number of anilines is 1. The largest absolute Gasteiger partial charge is 0.374 e. The molecule has 0 spiro atoms. The molecule has 1 aliphatic carbocycles. The summed E-state index contributed by atoms with van der Waals surface area (Å²) in [6.07, 6.45) is 4.79. The van der Waals surface area contributed by atoms with Crippen molar-refractivity contribution in [2.24, 2.45) is 5.92 Å². The van der Waals surface area contributed by atoms with Gasteiger partial charge in [-0.25, -0.2) is 0 Å². The number of rotatable bonds is 4. The van der Waals surface area contributed by atoms with E-state index in [9.17, 15) is 4.79 Å². The summed E-state index contributed by atoms with van der Waals surface area (Å²) in [6, 6.07) is 0.323. The van der Waals surface area contributed by atoms with E-state index in [2.05, 4.69) is 22.4 Å². The lowest BCUT2D eigenvalue weighted by atomic mass is 9.86. The molecular weight excluding hydrogens is 280 g/mol. The second-order valence-corrected chi connectivity index (χ2v) is 7.64. The van der Waals surface area contributed by atoms with Gasteiger partial charge in [0.2, 0.25) is 11.0 Å². The molecule has 3 atom stereocenters. The highest BCUT2D eigenvalue weighted by Gasteiger charge is 2.25. The zero-order valence-electron chi connectivity index (χ0n) is 11.3. The van der Waals surface area contributed by atoms with Crippen LogP contribution in [-0.2, 0) is 4.79 Å². The van der Waals surface area contributed by atoms with Crippen molar-refractivity contribution < 1.29 is 4.79 Å². The van der Waals surface area contributed by atoms with E-state index in [1.165, 1.54) is 42.4 Å². The molecule has 5 nitrogen and oxygen atoms in total. The molecule has 0 bridgehead atoms. The van der Waals surface area contributed by atoms with Crippen LogP contribution in [0.5, 0.6) is 0 Å². The van der Waals surface area contributed by atoms with E-state index in [0.29, 0.717) is 17.1 Å². The third-order valence-electron chi connectivity index (χ3n) is 3.51. The molecule has 0 radical (unpaired) electrons. The number of hydrogen-bond acceptors (Lipinski definition) is 6. The summed E-state index contributed by atoms with van der Waals surface area (Å²) in [5, 5.41) is 11.1. The Morgan fingerprint density at radius 3 is 2.84 bits per heavy atom. The first-order valence-electron chi connectivity index (χ1n) is 6.62. The number of amides is 1. The van der Waals surface area contributed by atoms with Crippen LogP contribution in [0.25, 0.3) is 0 Å². The first-order valence-corrected chi connectivity index (χ1v) is 8.32. The van der Waals surface area contributed by atoms with Gasteiger partial charge in [-0.05, 0) is 25.7 Å². The summed E-state index contributed by atoms with van der Waals surface area (Å²) >= 11 is 2.73. The van der Waals surface area contributed by atoms with Crippen LogP contribution < -0.4 is 11.1 Å². The van der Waals surface area contributed by atoms with Crippen LogP contribution in [0.2, 0.25) is 0 Å². The topological polar surface area (TPSA) is 80.9 Å². The van der Waals surface area contributed by atoms with Gasteiger partial charge in [0.05, 0.1) is 5.25 Å². The van der Waals surface area contributed by atoms with Crippen molar-refractivity contribution >= 4 is 34.1 Å². The van der Waals surface area contributed by atoms with E-state index in [4.69, 9.17) is 5.73 Å². The van der Waals surface area contributed by atoms with Gasteiger partial charge in [0, 0.05) is 6.04 Å². The maximum Gasteiger partial charge on any atom is 0.233 e. The fraction of sp³-hybridized carbons (Fsp3) is 0.750. The van der Waals surface area contributed by atoms with Gasteiger partial charge >= 0.3 is 0 Å². The molecule has 3 N–H and O–H groups in total. The first kappa shape index (κ1) is 14.6. The van der Waals surface area contributed by atoms with Crippen LogP contribution in [0, 0.1) is 5.92 Å². The molecule has 1 aromatic rings. The zero-order valence-corrected chi connectivity index (χ0v) is 12.9. The molecule has 1 aromatic heterocycles. The summed E-state index contributed by atoms with van der Waals surface area (Å²) in [5.41, 5.74) is 5.53. The van der Waals surface area contributed by atoms with Crippen molar-refractivity contribution in [3.63, 3.8) is 0 Å². The minimum absolute atomic E-state index is 0.0810. The smallest absolute Gasteiger partial charge is 0.233 e. The standard InChI is InChI=1S/C12H20N4OS2/c1-7-5-3-4-6-9(7)14-10(17)8(2)18-12-16-15-11(13)19-12/h7-9H,3-6H2,1-2H3,(H2,13,15)(H,14,17)/t7-,8+,9+/m1/s1. The molecule has 1 aliphatic rings. The molecule has 106 valence electrons.